The average Bonchev–Trinajstić information content (AvgIpc) is 2.72. The van der Waals surface area contributed by atoms with Gasteiger partial charge in [0.2, 0.25) is 0 Å². The minimum absolute atomic E-state index is 0.318. The first-order valence-electron chi connectivity index (χ1n) is 6.26. The van der Waals surface area contributed by atoms with Gasteiger partial charge in [-0.15, -0.1) is 0 Å². The van der Waals surface area contributed by atoms with Crippen LogP contribution < -0.4 is 5.32 Å². The van der Waals surface area contributed by atoms with Crippen molar-refractivity contribution in [2.75, 3.05) is 7.05 Å². The van der Waals surface area contributed by atoms with Crippen molar-refractivity contribution in [3.8, 4) is 0 Å². The Morgan fingerprint density at radius 3 is 2.65 bits per heavy atom. The summed E-state index contributed by atoms with van der Waals surface area (Å²) in [6.45, 7) is 2.33. The first-order valence-corrected chi connectivity index (χ1v) is 7.02. The molecule has 1 aliphatic carbocycles. The van der Waals surface area contributed by atoms with Crippen LogP contribution in [0, 0.1) is 11.8 Å². The third kappa shape index (κ3) is 2.62. The highest BCUT2D eigenvalue weighted by molar-refractivity contribution is 6.42. The van der Waals surface area contributed by atoms with E-state index in [1.165, 1.54) is 19.3 Å². The predicted octanol–water partition coefficient (Wildman–Crippen LogP) is 4.69. The van der Waals surface area contributed by atoms with Crippen LogP contribution in [0.1, 0.15) is 37.8 Å². The Kier molecular flexibility index (Phi) is 4.35. The van der Waals surface area contributed by atoms with Crippen LogP contribution in [0.15, 0.2) is 18.2 Å². The van der Waals surface area contributed by atoms with Crippen molar-refractivity contribution >= 4 is 23.2 Å². The first kappa shape index (κ1) is 13.2. The number of hydrogen-bond acceptors (Lipinski definition) is 1. The van der Waals surface area contributed by atoms with Gasteiger partial charge < -0.3 is 5.32 Å². The number of rotatable bonds is 3. The fourth-order valence-electron chi connectivity index (χ4n) is 3.03. The third-order valence-electron chi connectivity index (χ3n) is 3.98. The highest BCUT2D eigenvalue weighted by atomic mass is 35.5. The van der Waals surface area contributed by atoms with E-state index < -0.39 is 0 Å². The zero-order valence-electron chi connectivity index (χ0n) is 10.3. The molecule has 0 radical (unpaired) electrons. The molecule has 3 heteroatoms. The second-order valence-electron chi connectivity index (χ2n) is 4.98. The summed E-state index contributed by atoms with van der Waals surface area (Å²) < 4.78 is 0. The maximum absolute atomic E-state index is 6.32. The molecular formula is C14H19Cl2N. The van der Waals surface area contributed by atoms with Gasteiger partial charge in [-0.25, -0.2) is 0 Å². The lowest BCUT2D eigenvalue weighted by atomic mass is 9.86. The van der Waals surface area contributed by atoms with Crippen molar-refractivity contribution in [1.82, 2.24) is 5.32 Å². The minimum atomic E-state index is 0.318. The van der Waals surface area contributed by atoms with E-state index in [1.807, 2.05) is 19.2 Å². The Morgan fingerprint density at radius 2 is 2.06 bits per heavy atom. The molecule has 17 heavy (non-hydrogen) atoms. The number of benzene rings is 1. The zero-order valence-corrected chi connectivity index (χ0v) is 11.9. The van der Waals surface area contributed by atoms with Gasteiger partial charge in [0.15, 0.2) is 0 Å². The fourth-order valence-corrected chi connectivity index (χ4v) is 3.46. The maximum atomic E-state index is 6.32. The molecule has 3 unspecified atom stereocenters. The topological polar surface area (TPSA) is 12.0 Å². The van der Waals surface area contributed by atoms with Gasteiger partial charge in [-0.05, 0) is 36.9 Å². The molecule has 0 saturated heterocycles. The summed E-state index contributed by atoms with van der Waals surface area (Å²) >= 11 is 12.4. The van der Waals surface area contributed by atoms with Crippen LogP contribution in [-0.4, -0.2) is 7.05 Å². The highest BCUT2D eigenvalue weighted by Crippen LogP contribution is 2.42. The van der Waals surface area contributed by atoms with Gasteiger partial charge in [-0.3, -0.25) is 0 Å². The molecule has 1 nitrogen and oxygen atoms in total. The minimum Gasteiger partial charge on any atom is -0.313 e. The Morgan fingerprint density at radius 1 is 1.29 bits per heavy atom. The lowest BCUT2D eigenvalue weighted by molar-refractivity contribution is 0.315. The lowest BCUT2D eigenvalue weighted by Crippen LogP contribution is -2.27. The van der Waals surface area contributed by atoms with E-state index in [9.17, 15) is 0 Å². The Bertz CT molecular complexity index is 392. The lowest BCUT2D eigenvalue weighted by Gasteiger charge is -2.28. The molecule has 1 fully saturated rings. The van der Waals surface area contributed by atoms with Gasteiger partial charge >= 0.3 is 0 Å². The molecule has 3 atom stereocenters. The van der Waals surface area contributed by atoms with E-state index in [0.29, 0.717) is 22.0 Å². The van der Waals surface area contributed by atoms with Crippen molar-refractivity contribution < 1.29 is 0 Å². The molecule has 0 spiro atoms. The summed E-state index contributed by atoms with van der Waals surface area (Å²) in [5, 5.41) is 4.77. The molecule has 1 N–H and O–H groups in total. The fraction of sp³-hybridized carbons (Fsp3) is 0.571. The average molecular weight is 272 g/mol. The van der Waals surface area contributed by atoms with Gasteiger partial charge in [0.1, 0.15) is 0 Å². The standard InChI is InChI=1S/C14H19Cl2N/c1-9-5-3-6-10(9)14(17-2)11-7-4-8-12(15)13(11)16/h4,7-10,14,17H,3,5-6H2,1-2H3. The van der Waals surface area contributed by atoms with Crippen molar-refractivity contribution in [2.45, 2.75) is 32.2 Å². The summed E-state index contributed by atoms with van der Waals surface area (Å²) in [5.74, 6) is 1.42. The molecule has 1 aromatic carbocycles. The summed E-state index contributed by atoms with van der Waals surface area (Å²) in [5.41, 5.74) is 1.14. The summed E-state index contributed by atoms with van der Waals surface area (Å²) in [7, 11) is 2.01. The summed E-state index contributed by atoms with van der Waals surface area (Å²) in [6, 6.07) is 6.23. The molecule has 0 aromatic heterocycles. The zero-order chi connectivity index (χ0) is 12.4. The largest absolute Gasteiger partial charge is 0.313 e. The molecule has 0 amide bonds. The Labute approximate surface area is 114 Å². The molecule has 1 saturated carbocycles. The van der Waals surface area contributed by atoms with Crippen LogP contribution in [-0.2, 0) is 0 Å². The maximum Gasteiger partial charge on any atom is 0.0640 e. The van der Waals surface area contributed by atoms with E-state index in [1.54, 1.807) is 0 Å². The summed E-state index contributed by atoms with van der Waals surface area (Å²) in [6.07, 6.45) is 3.92. The molecule has 1 aliphatic rings. The van der Waals surface area contributed by atoms with Gasteiger partial charge in [0, 0.05) is 6.04 Å². The van der Waals surface area contributed by atoms with Crippen molar-refractivity contribution in [3.05, 3.63) is 33.8 Å². The molecule has 1 aromatic rings. The SMILES string of the molecule is CNC(c1cccc(Cl)c1Cl)C1CCCC1C. The molecule has 0 aliphatic heterocycles. The second-order valence-corrected chi connectivity index (χ2v) is 5.77. The predicted molar refractivity (Wildman–Crippen MR) is 74.8 cm³/mol. The van der Waals surface area contributed by atoms with Crippen LogP contribution in [0.3, 0.4) is 0 Å². The number of nitrogens with one attached hydrogen (secondary N) is 1. The van der Waals surface area contributed by atoms with E-state index in [0.717, 1.165) is 11.5 Å². The van der Waals surface area contributed by atoms with Crippen molar-refractivity contribution in [1.29, 1.82) is 0 Å². The van der Waals surface area contributed by atoms with E-state index in [2.05, 4.69) is 18.3 Å². The molecule has 2 rings (SSSR count). The van der Waals surface area contributed by atoms with Gasteiger partial charge in [-0.1, -0.05) is 55.1 Å². The molecular weight excluding hydrogens is 253 g/mol. The molecule has 0 heterocycles. The quantitative estimate of drug-likeness (QED) is 0.841. The Balaban J connectivity index is 2.31. The van der Waals surface area contributed by atoms with Crippen LogP contribution in [0.5, 0.6) is 0 Å². The van der Waals surface area contributed by atoms with E-state index in [-0.39, 0.29) is 0 Å². The smallest absolute Gasteiger partial charge is 0.0640 e. The van der Waals surface area contributed by atoms with Crippen molar-refractivity contribution in [3.63, 3.8) is 0 Å². The van der Waals surface area contributed by atoms with E-state index >= 15 is 0 Å². The van der Waals surface area contributed by atoms with Gasteiger partial charge in [0.05, 0.1) is 10.0 Å². The second kappa shape index (κ2) is 5.60. The van der Waals surface area contributed by atoms with Crippen LogP contribution >= 0.6 is 23.2 Å². The van der Waals surface area contributed by atoms with E-state index in [4.69, 9.17) is 23.2 Å². The van der Waals surface area contributed by atoms with Crippen LogP contribution in [0.2, 0.25) is 10.0 Å². The monoisotopic (exact) mass is 271 g/mol. The number of hydrogen-bond donors (Lipinski definition) is 1. The van der Waals surface area contributed by atoms with Gasteiger partial charge in [-0.2, -0.15) is 0 Å². The Hall–Kier alpha value is -0.240. The number of halogens is 2. The third-order valence-corrected chi connectivity index (χ3v) is 4.82. The van der Waals surface area contributed by atoms with Crippen molar-refractivity contribution in [2.24, 2.45) is 11.8 Å². The highest BCUT2D eigenvalue weighted by Gasteiger charge is 2.32. The summed E-state index contributed by atoms with van der Waals surface area (Å²) in [4.78, 5) is 0. The van der Waals surface area contributed by atoms with Gasteiger partial charge in [0.25, 0.3) is 0 Å². The van der Waals surface area contributed by atoms with Crippen LogP contribution in [0.4, 0.5) is 0 Å². The van der Waals surface area contributed by atoms with Crippen LogP contribution in [0.25, 0.3) is 0 Å². The molecule has 0 bridgehead atoms. The first-order chi connectivity index (χ1) is 8.15. The normalized spacial score (nSPS) is 26.1. The molecule has 94 valence electrons.